The van der Waals surface area contributed by atoms with Crippen LogP contribution in [0.25, 0.3) is 21.3 Å². The zero-order chi connectivity index (χ0) is 31.0. The van der Waals surface area contributed by atoms with Crippen LogP contribution in [0.5, 0.6) is 0 Å². The number of piperazine rings is 1. The summed E-state index contributed by atoms with van der Waals surface area (Å²) in [5.41, 5.74) is 3.58. The van der Waals surface area contributed by atoms with Gasteiger partial charge in [0.05, 0.1) is 16.6 Å². The lowest BCUT2D eigenvalue weighted by atomic mass is 9.69. The number of nitrogens with two attached hydrogens (primary N) is 1. The van der Waals surface area contributed by atoms with E-state index in [9.17, 15) is 32.3 Å². The standard InChI is InChI=1S/C29H28F3N5O4S2/c1-4-21(39)37-14(2)9-35(10-15(37)3)26-18-6-19(29(30,31)32)22(20-5-16(11-42-20)25(33)40)24-23(18)36(27(41)34-26)12-28(13-43-24)7-17(38)8-28/h4-6,11,14-15H,1,7-10,12-13H2,2-3H3,(H2,33,40)/t14-,15+. The number of alkyl halides is 3. The van der Waals surface area contributed by atoms with Gasteiger partial charge in [-0.15, -0.1) is 23.1 Å². The summed E-state index contributed by atoms with van der Waals surface area (Å²) >= 11 is 2.17. The van der Waals surface area contributed by atoms with Crippen LogP contribution in [0.15, 0.2) is 39.9 Å². The van der Waals surface area contributed by atoms with Crippen molar-refractivity contribution in [3.05, 3.63) is 51.8 Å². The molecule has 4 heterocycles. The highest BCUT2D eigenvalue weighted by molar-refractivity contribution is 7.99. The Morgan fingerprint density at radius 1 is 1.16 bits per heavy atom. The third kappa shape index (κ3) is 4.84. The van der Waals surface area contributed by atoms with E-state index in [4.69, 9.17) is 5.73 Å². The Hall–Kier alpha value is -3.65. The molecule has 1 saturated heterocycles. The summed E-state index contributed by atoms with van der Waals surface area (Å²) in [5.74, 6) is -0.528. The lowest BCUT2D eigenvalue weighted by Crippen LogP contribution is -2.58. The second kappa shape index (κ2) is 10.2. The smallest absolute Gasteiger partial charge is 0.366 e. The van der Waals surface area contributed by atoms with E-state index in [0.29, 0.717) is 11.3 Å². The molecule has 2 N–H and O–H groups in total. The normalized spacial score (nSPS) is 21.6. The maximum Gasteiger partial charge on any atom is 0.417 e. The van der Waals surface area contributed by atoms with Gasteiger partial charge in [-0.25, -0.2) is 4.79 Å². The number of thiophene rings is 1. The number of carbonyl (C=O) groups is 3. The van der Waals surface area contributed by atoms with E-state index in [0.717, 1.165) is 17.4 Å². The first-order chi connectivity index (χ1) is 20.2. The number of Topliss-reactive ketones (excluding diaryl/α,β-unsaturated/α-hetero) is 1. The number of aromatic nitrogens is 2. The fourth-order valence-electron chi connectivity index (χ4n) is 6.63. The van der Waals surface area contributed by atoms with Crippen molar-refractivity contribution in [1.29, 1.82) is 0 Å². The van der Waals surface area contributed by atoms with Crippen LogP contribution in [0.1, 0.15) is 42.6 Å². The van der Waals surface area contributed by atoms with Crippen molar-refractivity contribution in [2.24, 2.45) is 11.1 Å². The van der Waals surface area contributed by atoms with Gasteiger partial charge >= 0.3 is 11.9 Å². The number of rotatable bonds is 4. The van der Waals surface area contributed by atoms with E-state index < -0.39 is 28.8 Å². The first-order valence-electron chi connectivity index (χ1n) is 13.6. The van der Waals surface area contributed by atoms with Crippen molar-refractivity contribution >= 4 is 57.4 Å². The molecule has 226 valence electrons. The summed E-state index contributed by atoms with van der Waals surface area (Å²) in [6.07, 6.45) is -3.11. The second-order valence-electron chi connectivity index (χ2n) is 11.6. The van der Waals surface area contributed by atoms with Crippen LogP contribution < -0.4 is 16.3 Å². The summed E-state index contributed by atoms with van der Waals surface area (Å²) < 4.78 is 46.1. The van der Waals surface area contributed by atoms with Crippen LogP contribution in [0.3, 0.4) is 0 Å². The lowest BCUT2D eigenvalue weighted by Gasteiger charge is -2.44. The zero-order valence-electron chi connectivity index (χ0n) is 23.4. The SMILES string of the molecule is C=CC(=O)N1[C@H](C)CN(c2nc(=O)n3c4c(c(-c5cc(C(N)=O)cs5)c(C(F)(F)F)cc24)SCC2(CC(=O)C2)C3)C[C@@H]1C. The van der Waals surface area contributed by atoms with Crippen molar-refractivity contribution in [3.63, 3.8) is 0 Å². The molecule has 43 heavy (non-hydrogen) atoms. The van der Waals surface area contributed by atoms with Crippen molar-refractivity contribution in [3.8, 4) is 10.4 Å². The monoisotopic (exact) mass is 631 g/mol. The lowest BCUT2D eigenvalue weighted by molar-refractivity contribution is -0.137. The van der Waals surface area contributed by atoms with Crippen LogP contribution in [0, 0.1) is 5.41 Å². The van der Waals surface area contributed by atoms with Crippen LogP contribution >= 0.6 is 23.1 Å². The Kier molecular flexibility index (Phi) is 6.99. The number of benzene rings is 1. The van der Waals surface area contributed by atoms with Gasteiger partial charge < -0.3 is 15.5 Å². The fourth-order valence-corrected chi connectivity index (χ4v) is 9.12. The van der Waals surface area contributed by atoms with E-state index in [1.165, 1.54) is 33.9 Å². The van der Waals surface area contributed by atoms with Gasteiger partial charge in [-0.1, -0.05) is 6.58 Å². The molecule has 2 atom stereocenters. The molecule has 1 aliphatic carbocycles. The molecule has 2 aliphatic heterocycles. The first-order valence-corrected chi connectivity index (χ1v) is 15.5. The quantitative estimate of drug-likeness (QED) is 0.427. The molecular formula is C29H28F3N5O4S2. The minimum absolute atomic E-state index is 0.0379. The van der Waals surface area contributed by atoms with Gasteiger partial charge in [0.15, 0.2) is 0 Å². The summed E-state index contributed by atoms with van der Waals surface area (Å²) in [6, 6.07) is 1.72. The minimum Gasteiger partial charge on any atom is -0.366 e. The largest absolute Gasteiger partial charge is 0.417 e. The summed E-state index contributed by atoms with van der Waals surface area (Å²) in [6.45, 7) is 7.86. The topological polar surface area (TPSA) is 119 Å². The molecule has 2 fully saturated rings. The van der Waals surface area contributed by atoms with Crippen molar-refractivity contribution < 1.29 is 27.6 Å². The van der Waals surface area contributed by atoms with E-state index in [2.05, 4.69) is 11.6 Å². The highest BCUT2D eigenvalue weighted by Gasteiger charge is 2.47. The number of primary amides is 1. The highest BCUT2D eigenvalue weighted by atomic mass is 32.2. The van der Waals surface area contributed by atoms with Crippen LogP contribution in [0.4, 0.5) is 19.0 Å². The average molecular weight is 632 g/mol. The summed E-state index contributed by atoms with van der Waals surface area (Å²) in [4.78, 5) is 58.4. The molecule has 6 rings (SSSR count). The van der Waals surface area contributed by atoms with Gasteiger partial charge in [0.2, 0.25) is 11.8 Å². The molecule has 1 aromatic carbocycles. The molecule has 0 unspecified atom stereocenters. The molecule has 0 bridgehead atoms. The van der Waals surface area contributed by atoms with Crippen LogP contribution in [-0.4, -0.2) is 63.0 Å². The molecule has 9 nitrogen and oxygen atoms in total. The third-order valence-corrected chi connectivity index (χ3v) is 10.8. The highest BCUT2D eigenvalue weighted by Crippen LogP contribution is 2.53. The Morgan fingerprint density at radius 3 is 2.40 bits per heavy atom. The maximum absolute atomic E-state index is 14.9. The second-order valence-corrected chi connectivity index (χ2v) is 13.5. The zero-order valence-corrected chi connectivity index (χ0v) is 25.0. The Morgan fingerprint density at radius 2 is 1.84 bits per heavy atom. The van der Waals surface area contributed by atoms with Gasteiger partial charge in [0.1, 0.15) is 11.6 Å². The van der Waals surface area contributed by atoms with Crippen LogP contribution in [0.2, 0.25) is 0 Å². The van der Waals surface area contributed by atoms with Gasteiger partial charge in [0.25, 0.3) is 0 Å². The molecule has 3 aromatic rings. The number of hydrogen-bond acceptors (Lipinski definition) is 8. The Balaban J connectivity index is 1.63. The Bertz CT molecular complexity index is 1760. The summed E-state index contributed by atoms with van der Waals surface area (Å²) in [5, 5.41) is 1.58. The molecule has 2 aromatic heterocycles. The number of hydrogen-bond donors (Lipinski definition) is 1. The van der Waals surface area contributed by atoms with Crippen molar-refractivity contribution in [2.75, 3.05) is 23.7 Å². The molecule has 1 spiro atoms. The predicted octanol–water partition coefficient (Wildman–Crippen LogP) is 4.31. The number of amides is 2. The molecule has 14 heteroatoms. The first kappa shape index (κ1) is 29.4. The average Bonchev–Trinajstić information content (AvgIpc) is 3.33. The van der Waals surface area contributed by atoms with Gasteiger partial charge in [0, 0.05) is 81.8 Å². The number of thioether (sulfide) groups is 1. The summed E-state index contributed by atoms with van der Waals surface area (Å²) in [7, 11) is 0. The molecule has 0 radical (unpaired) electrons. The van der Waals surface area contributed by atoms with E-state index in [1.807, 2.05) is 13.8 Å². The number of nitrogens with zero attached hydrogens (tertiary/aromatic N) is 4. The van der Waals surface area contributed by atoms with Crippen molar-refractivity contribution in [2.45, 2.75) is 56.4 Å². The van der Waals surface area contributed by atoms with Gasteiger partial charge in [-0.2, -0.15) is 18.2 Å². The molecular weight excluding hydrogens is 603 g/mol. The Labute approximate surface area is 252 Å². The minimum atomic E-state index is -4.79. The predicted molar refractivity (Wildman–Crippen MR) is 158 cm³/mol. The third-order valence-electron chi connectivity index (χ3n) is 8.44. The molecule has 2 amide bonds. The molecule has 3 aliphatic rings. The van der Waals surface area contributed by atoms with Gasteiger partial charge in [-0.05, 0) is 32.1 Å². The van der Waals surface area contributed by atoms with E-state index in [1.54, 1.807) is 9.80 Å². The number of anilines is 1. The van der Waals surface area contributed by atoms with E-state index >= 15 is 0 Å². The van der Waals surface area contributed by atoms with Gasteiger partial charge in [-0.3, -0.25) is 19.0 Å². The number of ketones is 1. The number of halogens is 3. The van der Waals surface area contributed by atoms with E-state index in [-0.39, 0.29) is 88.4 Å². The maximum atomic E-state index is 14.9. The molecule has 1 saturated carbocycles. The number of carbonyl (C=O) groups excluding carboxylic acids is 3. The van der Waals surface area contributed by atoms with Crippen molar-refractivity contribution in [1.82, 2.24) is 14.5 Å². The fraction of sp³-hybridized carbons (Fsp3) is 0.414. The van der Waals surface area contributed by atoms with Crippen LogP contribution in [-0.2, 0) is 22.3 Å².